The summed E-state index contributed by atoms with van der Waals surface area (Å²) in [5.74, 6) is 1.02. The summed E-state index contributed by atoms with van der Waals surface area (Å²) >= 11 is 0. The van der Waals surface area contributed by atoms with Gasteiger partial charge < -0.3 is 10.6 Å². The molecule has 1 heterocycles. The van der Waals surface area contributed by atoms with Crippen LogP contribution >= 0.6 is 0 Å². The summed E-state index contributed by atoms with van der Waals surface area (Å²) < 4.78 is 0. The molecule has 0 bridgehead atoms. The lowest BCUT2D eigenvalue weighted by atomic mass is 9.80. The molecule has 0 spiro atoms. The van der Waals surface area contributed by atoms with Crippen molar-refractivity contribution in [1.82, 2.24) is 9.80 Å². The molecule has 0 aromatic heterocycles. The predicted molar refractivity (Wildman–Crippen MR) is 73.2 cm³/mol. The van der Waals surface area contributed by atoms with Crippen molar-refractivity contribution in [3.8, 4) is 0 Å². The second-order valence-corrected chi connectivity index (χ2v) is 6.09. The van der Waals surface area contributed by atoms with E-state index in [1.165, 1.54) is 25.7 Å². The molecule has 0 aromatic rings. The number of nitrogens with zero attached hydrogens (tertiary/aromatic N) is 2. The topological polar surface area (TPSA) is 49.6 Å². The Morgan fingerprint density at radius 1 is 1.22 bits per heavy atom. The van der Waals surface area contributed by atoms with Crippen LogP contribution in [0.3, 0.4) is 0 Å². The summed E-state index contributed by atoms with van der Waals surface area (Å²) in [6, 6.07) is 0.407. The van der Waals surface area contributed by atoms with Crippen LogP contribution in [0.2, 0.25) is 0 Å². The Morgan fingerprint density at radius 2 is 1.83 bits per heavy atom. The van der Waals surface area contributed by atoms with Gasteiger partial charge in [0, 0.05) is 25.7 Å². The lowest BCUT2D eigenvalue weighted by Gasteiger charge is -2.35. The van der Waals surface area contributed by atoms with E-state index in [1.54, 1.807) is 0 Å². The molecular formula is C14H27N3O. The van der Waals surface area contributed by atoms with Gasteiger partial charge >= 0.3 is 0 Å². The first-order valence-electron chi connectivity index (χ1n) is 7.37. The van der Waals surface area contributed by atoms with Gasteiger partial charge in [0.15, 0.2) is 0 Å². The standard InChI is InChI=1S/C14H27N3O/c1-16(10-12-8-13(15)9-12)11-14(18)17-6-4-2-3-5-7-17/h12-13H,2-11,15H2,1H3. The van der Waals surface area contributed by atoms with Gasteiger partial charge in [0.05, 0.1) is 6.54 Å². The summed E-state index contributed by atoms with van der Waals surface area (Å²) in [4.78, 5) is 16.4. The minimum atomic E-state index is 0.308. The minimum Gasteiger partial charge on any atom is -0.342 e. The van der Waals surface area contributed by atoms with E-state index in [0.29, 0.717) is 24.4 Å². The van der Waals surface area contributed by atoms with Gasteiger partial charge in [-0.25, -0.2) is 0 Å². The molecule has 2 rings (SSSR count). The van der Waals surface area contributed by atoms with Gasteiger partial charge in [-0.1, -0.05) is 12.8 Å². The highest BCUT2D eigenvalue weighted by atomic mass is 16.2. The molecule has 0 atom stereocenters. The number of hydrogen-bond donors (Lipinski definition) is 1. The molecule has 1 saturated carbocycles. The van der Waals surface area contributed by atoms with Crippen molar-refractivity contribution < 1.29 is 4.79 Å². The van der Waals surface area contributed by atoms with Crippen LogP contribution in [0.1, 0.15) is 38.5 Å². The lowest BCUT2D eigenvalue weighted by Crippen LogP contribution is -2.45. The Bertz CT molecular complexity index is 268. The predicted octanol–water partition coefficient (Wildman–Crippen LogP) is 1.06. The first-order valence-corrected chi connectivity index (χ1v) is 7.37. The summed E-state index contributed by atoms with van der Waals surface area (Å²) in [6.07, 6.45) is 7.16. The number of carbonyl (C=O) groups excluding carboxylic acids is 1. The second kappa shape index (κ2) is 6.53. The number of rotatable bonds is 4. The third-order valence-electron chi connectivity index (χ3n) is 4.21. The number of hydrogen-bond acceptors (Lipinski definition) is 3. The average Bonchev–Trinajstić information content (AvgIpc) is 2.55. The zero-order valence-corrected chi connectivity index (χ0v) is 11.6. The van der Waals surface area contributed by atoms with Gasteiger partial charge in [-0.2, -0.15) is 0 Å². The molecule has 2 aliphatic rings. The molecule has 18 heavy (non-hydrogen) atoms. The summed E-state index contributed by atoms with van der Waals surface area (Å²) in [5.41, 5.74) is 5.79. The minimum absolute atomic E-state index is 0.308. The molecule has 0 radical (unpaired) electrons. The maximum atomic E-state index is 12.2. The Labute approximate surface area is 110 Å². The largest absolute Gasteiger partial charge is 0.342 e. The van der Waals surface area contributed by atoms with Gasteiger partial charge in [0.25, 0.3) is 0 Å². The fraction of sp³-hybridized carbons (Fsp3) is 0.929. The quantitative estimate of drug-likeness (QED) is 0.815. The van der Waals surface area contributed by atoms with Crippen LogP contribution in [-0.2, 0) is 4.79 Å². The third kappa shape index (κ3) is 3.95. The molecule has 1 saturated heterocycles. The highest BCUT2D eigenvalue weighted by Crippen LogP contribution is 2.25. The maximum Gasteiger partial charge on any atom is 0.236 e. The molecular weight excluding hydrogens is 226 g/mol. The zero-order valence-electron chi connectivity index (χ0n) is 11.6. The molecule has 2 N–H and O–H groups in total. The second-order valence-electron chi connectivity index (χ2n) is 6.09. The van der Waals surface area contributed by atoms with E-state index in [2.05, 4.69) is 16.8 Å². The van der Waals surface area contributed by atoms with Crippen LogP contribution in [0.15, 0.2) is 0 Å². The fourth-order valence-electron chi connectivity index (χ4n) is 3.09. The van der Waals surface area contributed by atoms with E-state index in [9.17, 15) is 4.79 Å². The van der Waals surface area contributed by atoms with E-state index in [4.69, 9.17) is 5.73 Å². The van der Waals surface area contributed by atoms with Crippen molar-refractivity contribution in [2.75, 3.05) is 33.2 Å². The molecule has 4 heteroatoms. The highest BCUT2D eigenvalue weighted by Gasteiger charge is 2.27. The van der Waals surface area contributed by atoms with Crippen molar-refractivity contribution in [3.63, 3.8) is 0 Å². The average molecular weight is 253 g/mol. The zero-order chi connectivity index (χ0) is 13.0. The molecule has 1 amide bonds. The molecule has 0 aromatic carbocycles. The number of nitrogens with two attached hydrogens (primary N) is 1. The maximum absolute atomic E-state index is 12.2. The molecule has 2 fully saturated rings. The Kier molecular flexibility index (Phi) is 5.01. The summed E-state index contributed by atoms with van der Waals surface area (Å²) in [5, 5.41) is 0. The smallest absolute Gasteiger partial charge is 0.236 e. The lowest BCUT2D eigenvalue weighted by molar-refractivity contribution is -0.132. The van der Waals surface area contributed by atoms with E-state index >= 15 is 0 Å². The molecule has 1 aliphatic heterocycles. The van der Waals surface area contributed by atoms with Crippen molar-refractivity contribution in [2.24, 2.45) is 11.7 Å². The van der Waals surface area contributed by atoms with Gasteiger partial charge in [-0.15, -0.1) is 0 Å². The van der Waals surface area contributed by atoms with Gasteiger partial charge in [0.2, 0.25) is 5.91 Å². The molecule has 104 valence electrons. The highest BCUT2D eigenvalue weighted by molar-refractivity contribution is 5.78. The van der Waals surface area contributed by atoms with Crippen molar-refractivity contribution >= 4 is 5.91 Å². The normalized spacial score (nSPS) is 28.9. The number of likely N-dealkylation sites (N-methyl/N-ethyl adjacent to an activating group) is 1. The summed E-state index contributed by atoms with van der Waals surface area (Å²) in [6.45, 7) is 3.51. The first-order chi connectivity index (χ1) is 8.65. The van der Waals surface area contributed by atoms with Gasteiger partial charge in [-0.05, 0) is 38.6 Å². The Morgan fingerprint density at radius 3 is 2.39 bits per heavy atom. The van der Waals surface area contributed by atoms with Crippen LogP contribution in [0, 0.1) is 5.92 Å². The molecule has 0 unspecified atom stereocenters. The third-order valence-corrected chi connectivity index (χ3v) is 4.21. The van der Waals surface area contributed by atoms with Crippen LogP contribution < -0.4 is 5.73 Å². The van der Waals surface area contributed by atoms with Crippen molar-refractivity contribution in [3.05, 3.63) is 0 Å². The molecule has 1 aliphatic carbocycles. The van der Waals surface area contributed by atoms with Crippen LogP contribution in [0.25, 0.3) is 0 Å². The Hall–Kier alpha value is -0.610. The van der Waals surface area contributed by atoms with E-state index in [0.717, 1.165) is 32.5 Å². The van der Waals surface area contributed by atoms with Crippen LogP contribution in [-0.4, -0.2) is 55.0 Å². The first kappa shape index (κ1) is 13.8. The number of amides is 1. The monoisotopic (exact) mass is 253 g/mol. The van der Waals surface area contributed by atoms with E-state index in [-0.39, 0.29) is 0 Å². The van der Waals surface area contributed by atoms with Gasteiger partial charge in [-0.3, -0.25) is 9.69 Å². The SMILES string of the molecule is CN(CC(=O)N1CCCCCC1)CC1CC(N)C1. The number of likely N-dealkylation sites (tertiary alicyclic amines) is 1. The van der Waals surface area contributed by atoms with E-state index < -0.39 is 0 Å². The van der Waals surface area contributed by atoms with E-state index in [1.807, 2.05) is 0 Å². The Balaban J connectivity index is 1.68. The van der Waals surface area contributed by atoms with Crippen LogP contribution in [0.5, 0.6) is 0 Å². The number of carbonyl (C=O) groups is 1. The fourth-order valence-corrected chi connectivity index (χ4v) is 3.09. The van der Waals surface area contributed by atoms with Crippen molar-refractivity contribution in [2.45, 2.75) is 44.6 Å². The van der Waals surface area contributed by atoms with Crippen molar-refractivity contribution in [1.29, 1.82) is 0 Å². The molecule has 4 nitrogen and oxygen atoms in total. The van der Waals surface area contributed by atoms with Gasteiger partial charge in [0.1, 0.15) is 0 Å². The van der Waals surface area contributed by atoms with Crippen LogP contribution in [0.4, 0.5) is 0 Å². The summed E-state index contributed by atoms with van der Waals surface area (Å²) in [7, 11) is 2.06.